The minimum absolute atomic E-state index is 0.0125. The summed E-state index contributed by atoms with van der Waals surface area (Å²) in [5.74, 6) is -1.77. The lowest BCUT2D eigenvalue weighted by atomic mass is 9.98. The Morgan fingerprint density at radius 2 is 1.74 bits per heavy atom. The van der Waals surface area contributed by atoms with Crippen LogP contribution in [0.2, 0.25) is 0 Å². The first-order valence-electron chi connectivity index (χ1n) is 11.2. The number of aromatic nitrogens is 1. The molecule has 3 N–H and O–H groups in total. The van der Waals surface area contributed by atoms with Crippen molar-refractivity contribution in [2.75, 3.05) is 13.2 Å². The van der Waals surface area contributed by atoms with Gasteiger partial charge in [-0.2, -0.15) is 0 Å². The molecule has 180 valence electrons. The first kappa shape index (κ1) is 23.0. The van der Waals surface area contributed by atoms with Crippen LogP contribution in [0.1, 0.15) is 39.0 Å². The number of carboxylic acid groups (broad SMARTS) is 1. The Balaban J connectivity index is 1.17. The van der Waals surface area contributed by atoms with Gasteiger partial charge in [0, 0.05) is 24.3 Å². The number of nitrogens with zero attached hydrogens (tertiary/aromatic N) is 2. The molecule has 2 heterocycles. The van der Waals surface area contributed by atoms with Gasteiger partial charge in [0.15, 0.2) is 0 Å². The van der Waals surface area contributed by atoms with Crippen LogP contribution in [0.25, 0.3) is 11.1 Å². The molecule has 0 spiro atoms. The number of thiazole rings is 1. The first-order valence-corrected chi connectivity index (χ1v) is 12.1. The Labute approximate surface area is 205 Å². The molecule has 2 amide bonds. The Kier molecular flexibility index (Phi) is 6.23. The fraction of sp³-hybridized carbons (Fsp3) is 0.280. The lowest BCUT2D eigenvalue weighted by molar-refractivity contribution is -0.141. The van der Waals surface area contributed by atoms with Gasteiger partial charge in [0.1, 0.15) is 23.4 Å². The van der Waals surface area contributed by atoms with Crippen LogP contribution >= 0.6 is 11.3 Å². The number of benzene rings is 2. The summed E-state index contributed by atoms with van der Waals surface area (Å²) < 4.78 is 5.51. The zero-order chi connectivity index (χ0) is 24.5. The van der Waals surface area contributed by atoms with E-state index >= 15 is 0 Å². The Bertz CT molecular complexity index is 1250. The summed E-state index contributed by atoms with van der Waals surface area (Å²) in [5, 5.41) is 23.7. The molecule has 9 nitrogen and oxygen atoms in total. The highest BCUT2D eigenvalue weighted by Gasteiger charge is 2.40. The molecular weight excluding hydrogens is 470 g/mol. The molecule has 0 radical (unpaired) electrons. The number of likely N-dealkylation sites (tertiary alicyclic amines) is 1. The molecule has 2 aliphatic rings. The average molecular weight is 494 g/mol. The van der Waals surface area contributed by atoms with E-state index in [0.717, 1.165) is 27.2 Å². The van der Waals surface area contributed by atoms with Gasteiger partial charge in [-0.3, -0.25) is 4.79 Å². The number of hydrogen-bond acceptors (Lipinski definition) is 7. The SMILES string of the molecule is O=C(NCc1nc(C(=O)N2C[C@H](O)C[C@H]2C(=O)O)cs1)OCC1c2ccccc2-c2ccccc21. The number of β-amino-alcohol motifs (C(OH)–C–C–N with tert-alkyl or cyclic N) is 1. The Morgan fingerprint density at radius 1 is 1.09 bits per heavy atom. The molecule has 2 aromatic carbocycles. The number of aliphatic hydroxyl groups excluding tert-OH is 1. The maximum Gasteiger partial charge on any atom is 0.407 e. The van der Waals surface area contributed by atoms with E-state index in [2.05, 4.69) is 22.4 Å². The van der Waals surface area contributed by atoms with Crippen LogP contribution in [0.5, 0.6) is 0 Å². The van der Waals surface area contributed by atoms with Crippen molar-refractivity contribution in [2.45, 2.75) is 31.0 Å². The van der Waals surface area contributed by atoms with Crippen LogP contribution < -0.4 is 5.32 Å². The molecule has 1 fully saturated rings. The quantitative estimate of drug-likeness (QED) is 0.482. The van der Waals surface area contributed by atoms with E-state index in [4.69, 9.17) is 4.74 Å². The van der Waals surface area contributed by atoms with E-state index in [1.807, 2.05) is 36.4 Å². The second kappa shape index (κ2) is 9.47. The lowest BCUT2D eigenvalue weighted by Crippen LogP contribution is -2.40. The van der Waals surface area contributed by atoms with Gasteiger partial charge < -0.3 is 25.2 Å². The van der Waals surface area contributed by atoms with Crippen molar-refractivity contribution in [3.8, 4) is 11.1 Å². The fourth-order valence-corrected chi connectivity index (χ4v) is 5.41. The topological polar surface area (TPSA) is 129 Å². The molecule has 10 heteroatoms. The highest BCUT2D eigenvalue weighted by molar-refractivity contribution is 7.09. The van der Waals surface area contributed by atoms with E-state index in [-0.39, 0.29) is 37.7 Å². The normalized spacial score (nSPS) is 18.7. The van der Waals surface area contributed by atoms with Crippen molar-refractivity contribution in [3.63, 3.8) is 0 Å². The zero-order valence-electron chi connectivity index (χ0n) is 18.6. The van der Waals surface area contributed by atoms with Crippen molar-refractivity contribution < 1.29 is 29.3 Å². The summed E-state index contributed by atoms with van der Waals surface area (Å²) in [6.07, 6.45) is -1.49. The predicted octanol–water partition coefficient (Wildman–Crippen LogP) is 2.84. The molecule has 0 saturated carbocycles. The number of amides is 2. The van der Waals surface area contributed by atoms with E-state index < -0.39 is 30.1 Å². The molecule has 1 aliphatic carbocycles. The molecule has 1 aliphatic heterocycles. The van der Waals surface area contributed by atoms with Gasteiger partial charge >= 0.3 is 12.1 Å². The summed E-state index contributed by atoms with van der Waals surface area (Å²) in [7, 11) is 0. The number of carbonyl (C=O) groups excluding carboxylic acids is 2. The highest BCUT2D eigenvalue weighted by Crippen LogP contribution is 2.44. The number of aliphatic carboxylic acids is 1. The van der Waals surface area contributed by atoms with Crippen molar-refractivity contribution in [1.82, 2.24) is 15.2 Å². The number of carboxylic acids is 1. The van der Waals surface area contributed by atoms with Crippen LogP contribution in [-0.2, 0) is 16.1 Å². The monoisotopic (exact) mass is 493 g/mol. The maximum atomic E-state index is 12.7. The van der Waals surface area contributed by atoms with Crippen LogP contribution in [0.3, 0.4) is 0 Å². The number of hydrogen-bond donors (Lipinski definition) is 3. The van der Waals surface area contributed by atoms with Crippen molar-refractivity contribution in [3.05, 3.63) is 75.7 Å². The third kappa shape index (κ3) is 4.50. The Morgan fingerprint density at radius 3 is 2.40 bits per heavy atom. The van der Waals surface area contributed by atoms with E-state index in [0.29, 0.717) is 5.01 Å². The lowest BCUT2D eigenvalue weighted by Gasteiger charge is -2.19. The second-order valence-corrected chi connectivity index (χ2v) is 9.45. The summed E-state index contributed by atoms with van der Waals surface area (Å²) in [4.78, 5) is 41.8. The van der Waals surface area contributed by atoms with Crippen LogP contribution in [0.15, 0.2) is 53.9 Å². The van der Waals surface area contributed by atoms with E-state index in [1.165, 1.54) is 16.7 Å². The number of carbonyl (C=O) groups is 3. The summed E-state index contributed by atoms with van der Waals surface area (Å²) in [5.41, 5.74) is 4.62. The second-order valence-electron chi connectivity index (χ2n) is 8.51. The summed E-state index contributed by atoms with van der Waals surface area (Å²) in [6, 6.07) is 15.1. The number of aliphatic hydroxyl groups is 1. The maximum absolute atomic E-state index is 12.7. The third-order valence-electron chi connectivity index (χ3n) is 6.32. The van der Waals surface area contributed by atoms with Crippen molar-refractivity contribution in [2.24, 2.45) is 0 Å². The third-order valence-corrected chi connectivity index (χ3v) is 7.17. The smallest absolute Gasteiger partial charge is 0.407 e. The number of ether oxygens (including phenoxy) is 1. The number of alkyl carbamates (subject to hydrolysis) is 1. The minimum atomic E-state index is -1.16. The highest BCUT2D eigenvalue weighted by atomic mass is 32.1. The largest absolute Gasteiger partial charge is 0.480 e. The molecular formula is C25H23N3O6S. The standard InChI is InChI=1S/C25H23N3O6S/c29-14-9-21(24(31)32)28(11-14)23(30)20-13-35-22(27-20)10-26-25(33)34-12-19-17-7-3-1-5-15(17)16-6-2-4-8-18(16)19/h1-8,13-14,19,21,29H,9-12H2,(H,26,33)(H,31,32)/t14-,21+/m1/s1. The fourth-order valence-electron chi connectivity index (χ4n) is 4.71. The molecule has 35 heavy (non-hydrogen) atoms. The van der Waals surface area contributed by atoms with Crippen LogP contribution in [0.4, 0.5) is 4.79 Å². The van der Waals surface area contributed by atoms with Gasteiger partial charge in [-0.05, 0) is 22.3 Å². The number of nitrogens with one attached hydrogen (secondary N) is 1. The van der Waals surface area contributed by atoms with Gasteiger partial charge in [-0.1, -0.05) is 48.5 Å². The van der Waals surface area contributed by atoms with Crippen molar-refractivity contribution >= 4 is 29.3 Å². The van der Waals surface area contributed by atoms with Gasteiger partial charge in [0.05, 0.1) is 12.6 Å². The first-order chi connectivity index (χ1) is 16.9. The average Bonchev–Trinajstić information content (AvgIpc) is 3.57. The summed E-state index contributed by atoms with van der Waals surface area (Å²) in [6.45, 7) is 0.204. The van der Waals surface area contributed by atoms with E-state index in [9.17, 15) is 24.6 Å². The number of fused-ring (bicyclic) bond motifs is 3. The van der Waals surface area contributed by atoms with Gasteiger partial charge in [-0.15, -0.1) is 11.3 Å². The minimum Gasteiger partial charge on any atom is -0.480 e. The number of rotatable bonds is 6. The molecule has 0 bridgehead atoms. The molecule has 2 atom stereocenters. The molecule has 3 aromatic rings. The molecule has 0 unspecified atom stereocenters. The molecule has 5 rings (SSSR count). The van der Waals surface area contributed by atoms with Crippen LogP contribution in [-0.4, -0.2) is 63.4 Å². The summed E-state index contributed by atoms with van der Waals surface area (Å²) >= 11 is 1.18. The molecule has 1 aromatic heterocycles. The van der Waals surface area contributed by atoms with E-state index in [1.54, 1.807) is 0 Å². The Hall–Kier alpha value is -3.76. The zero-order valence-corrected chi connectivity index (χ0v) is 19.4. The van der Waals surface area contributed by atoms with Gasteiger partial charge in [0.25, 0.3) is 5.91 Å². The van der Waals surface area contributed by atoms with Gasteiger partial charge in [0.2, 0.25) is 0 Å². The predicted molar refractivity (Wildman–Crippen MR) is 127 cm³/mol. The van der Waals surface area contributed by atoms with Crippen molar-refractivity contribution in [1.29, 1.82) is 0 Å². The van der Waals surface area contributed by atoms with Gasteiger partial charge in [-0.25, -0.2) is 14.6 Å². The molecule has 1 saturated heterocycles. The van der Waals surface area contributed by atoms with Crippen LogP contribution in [0, 0.1) is 0 Å².